The minimum atomic E-state index is -3.73. The van der Waals surface area contributed by atoms with Gasteiger partial charge in [-0.1, -0.05) is 31.4 Å². The Hall–Kier alpha value is -2.43. The van der Waals surface area contributed by atoms with Crippen LogP contribution in [-0.2, 0) is 14.8 Å². The summed E-state index contributed by atoms with van der Waals surface area (Å²) in [4.78, 5) is 30.4. The lowest BCUT2D eigenvalue weighted by molar-refractivity contribution is -0.125. The number of nitrogens with zero attached hydrogens (tertiary/aromatic N) is 3. The summed E-state index contributed by atoms with van der Waals surface area (Å²) in [7, 11) is -2.20. The Morgan fingerprint density at radius 1 is 1.25 bits per heavy atom. The van der Waals surface area contributed by atoms with Gasteiger partial charge in [0.1, 0.15) is 11.4 Å². The van der Waals surface area contributed by atoms with Crippen LogP contribution in [-0.4, -0.2) is 56.2 Å². The highest BCUT2D eigenvalue weighted by molar-refractivity contribution is 7.92. The van der Waals surface area contributed by atoms with Crippen LogP contribution in [0, 0.1) is 18.8 Å². The summed E-state index contributed by atoms with van der Waals surface area (Å²) in [5, 5.41) is 4.46. The molecule has 1 aliphatic carbocycles. The lowest BCUT2D eigenvalue weighted by Gasteiger charge is -2.34. The number of nitrogens with two attached hydrogens (primary N) is 1. The second-order valence-electron chi connectivity index (χ2n) is 10.2. The third-order valence-corrected chi connectivity index (χ3v) is 9.63. The number of aliphatic imine (C=N–C) groups is 1. The first-order valence-electron chi connectivity index (χ1n) is 12.3. The van der Waals surface area contributed by atoms with Gasteiger partial charge in [0.05, 0.1) is 5.02 Å². The molecule has 9 nitrogen and oxygen atoms in total. The molecule has 1 spiro atoms. The summed E-state index contributed by atoms with van der Waals surface area (Å²) in [6.07, 6.45) is 6.51. The summed E-state index contributed by atoms with van der Waals surface area (Å²) < 4.78 is 27.5. The van der Waals surface area contributed by atoms with Gasteiger partial charge in [0.15, 0.2) is 0 Å². The Balaban J connectivity index is 1.44. The van der Waals surface area contributed by atoms with Gasteiger partial charge >= 0.3 is 6.03 Å². The number of urea groups is 1. The average molecular weight is 536 g/mol. The maximum atomic E-state index is 13.1. The number of halogens is 1. The molecular formula is C25H34ClN5O4S. The molecule has 3 N–H and O–H groups in total. The molecule has 0 atom stereocenters. The van der Waals surface area contributed by atoms with Crippen LogP contribution in [0.1, 0.15) is 56.6 Å². The van der Waals surface area contributed by atoms with Crippen molar-refractivity contribution in [2.24, 2.45) is 22.6 Å². The number of sulfonamides is 1. The van der Waals surface area contributed by atoms with Crippen LogP contribution in [0.5, 0.6) is 0 Å². The molecule has 3 aliphatic rings. The number of rotatable bonds is 5. The van der Waals surface area contributed by atoms with Crippen molar-refractivity contribution in [3.8, 4) is 0 Å². The summed E-state index contributed by atoms with van der Waals surface area (Å²) in [6, 6.07) is 2.66. The number of hydrogen-bond donors (Lipinski definition) is 2. The highest BCUT2D eigenvalue weighted by atomic mass is 35.5. The fraction of sp³-hybridized carbons (Fsp3) is 0.560. The molecular weight excluding hydrogens is 502 g/mol. The van der Waals surface area contributed by atoms with Crippen molar-refractivity contribution >= 4 is 51.2 Å². The van der Waals surface area contributed by atoms with Gasteiger partial charge in [0.25, 0.3) is 5.91 Å². The Morgan fingerprint density at radius 2 is 1.89 bits per heavy atom. The van der Waals surface area contributed by atoms with Crippen LogP contribution in [0.2, 0.25) is 5.02 Å². The predicted molar refractivity (Wildman–Crippen MR) is 142 cm³/mol. The number of nitrogens with one attached hydrogen (secondary N) is 1. The van der Waals surface area contributed by atoms with E-state index in [1.807, 2.05) is 0 Å². The molecule has 2 fully saturated rings. The minimum absolute atomic E-state index is 0.105. The SMILES string of the molecule is Cc1cc(N(C)C(N)=O)cc(Cl)c1/C=C/S(=O)(=O)N1CCC2(CC1)N=C(C1CCC(C)CC1)NC2=O. The maximum absolute atomic E-state index is 13.1. The molecule has 0 bridgehead atoms. The van der Waals surface area contributed by atoms with E-state index in [2.05, 4.69) is 12.2 Å². The quantitative estimate of drug-likeness (QED) is 0.596. The van der Waals surface area contributed by atoms with Crippen LogP contribution in [0.15, 0.2) is 22.5 Å². The molecule has 0 aromatic heterocycles. The van der Waals surface area contributed by atoms with Crippen molar-refractivity contribution in [2.75, 3.05) is 25.0 Å². The molecule has 1 aromatic carbocycles. The molecule has 1 aromatic rings. The van der Waals surface area contributed by atoms with Gasteiger partial charge in [-0.3, -0.25) is 14.7 Å². The van der Waals surface area contributed by atoms with Crippen LogP contribution in [0.4, 0.5) is 10.5 Å². The van der Waals surface area contributed by atoms with E-state index in [4.69, 9.17) is 22.3 Å². The molecule has 0 unspecified atom stereocenters. The van der Waals surface area contributed by atoms with E-state index in [0.717, 1.165) is 36.9 Å². The highest BCUT2D eigenvalue weighted by Crippen LogP contribution is 2.36. The van der Waals surface area contributed by atoms with Gasteiger partial charge in [-0.25, -0.2) is 13.2 Å². The Bertz CT molecular complexity index is 1190. The van der Waals surface area contributed by atoms with Crippen molar-refractivity contribution in [1.82, 2.24) is 9.62 Å². The zero-order valence-corrected chi connectivity index (χ0v) is 22.5. The molecule has 1 saturated heterocycles. The van der Waals surface area contributed by atoms with Gasteiger partial charge in [-0.2, -0.15) is 4.31 Å². The van der Waals surface area contributed by atoms with E-state index in [9.17, 15) is 18.0 Å². The number of amides is 3. The highest BCUT2D eigenvalue weighted by Gasteiger charge is 2.48. The fourth-order valence-corrected chi connectivity index (χ4v) is 6.72. The Morgan fingerprint density at radius 3 is 2.47 bits per heavy atom. The van der Waals surface area contributed by atoms with Crippen LogP contribution in [0.3, 0.4) is 0 Å². The van der Waals surface area contributed by atoms with Crippen molar-refractivity contribution in [2.45, 2.75) is 57.9 Å². The molecule has 4 rings (SSSR count). The molecule has 1 saturated carbocycles. The lowest BCUT2D eigenvalue weighted by atomic mass is 9.82. The first kappa shape index (κ1) is 26.6. The minimum Gasteiger partial charge on any atom is -0.351 e. The van der Waals surface area contributed by atoms with E-state index in [0.29, 0.717) is 40.6 Å². The Labute approximate surface area is 217 Å². The normalized spacial score (nSPS) is 24.7. The van der Waals surface area contributed by atoms with Crippen molar-refractivity contribution < 1.29 is 18.0 Å². The van der Waals surface area contributed by atoms with Gasteiger partial charge in [-0.05, 0) is 67.9 Å². The number of aryl methyl sites for hydroxylation is 1. The van der Waals surface area contributed by atoms with Gasteiger partial charge < -0.3 is 11.1 Å². The van der Waals surface area contributed by atoms with Crippen LogP contribution >= 0.6 is 11.6 Å². The van der Waals surface area contributed by atoms with Gasteiger partial charge in [-0.15, -0.1) is 0 Å². The van der Waals surface area contributed by atoms with Gasteiger partial charge in [0.2, 0.25) is 10.0 Å². The van der Waals surface area contributed by atoms with Crippen molar-refractivity contribution in [1.29, 1.82) is 0 Å². The largest absolute Gasteiger partial charge is 0.351 e. The number of carbonyl (C=O) groups excluding carboxylic acids is 2. The number of hydrogen-bond acceptors (Lipinski definition) is 5. The second-order valence-corrected chi connectivity index (χ2v) is 12.5. The maximum Gasteiger partial charge on any atom is 0.318 e. The number of carbonyl (C=O) groups is 2. The topological polar surface area (TPSA) is 125 Å². The van der Waals surface area contributed by atoms with Crippen molar-refractivity contribution in [3.63, 3.8) is 0 Å². The zero-order valence-electron chi connectivity index (χ0n) is 21.0. The van der Waals surface area contributed by atoms with Crippen molar-refractivity contribution in [3.05, 3.63) is 33.7 Å². The van der Waals surface area contributed by atoms with Gasteiger partial charge in [0, 0.05) is 37.2 Å². The first-order chi connectivity index (χ1) is 16.9. The number of benzene rings is 1. The van der Waals surface area contributed by atoms with Crippen LogP contribution < -0.4 is 16.0 Å². The van der Waals surface area contributed by atoms with E-state index < -0.39 is 21.6 Å². The third-order valence-electron chi connectivity index (χ3n) is 7.76. The standard InChI is InChI=1S/C25H34ClN5O4S/c1-16-4-6-18(7-5-16)22-28-23(32)25(29-22)9-11-31(12-10-25)36(34,35)13-8-20-17(2)14-19(15-21(20)26)30(3)24(27)33/h8,13-16,18H,4-7,9-12H2,1-3H3,(H2,27,33)(H,28,29,32)/b13-8+. The van der Waals surface area contributed by atoms with E-state index in [1.165, 1.54) is 22.3 Å². The lowest BCUT2D eigenvalue weighted by Crippen LogP contribution is -2.50. The third kappa shape index (κ3) is 5.31. The monoisotopic (exact) mass is 535 g/mol. The molecule has 196 valence electrons. The predicted octanol–water partition coefficient (Wildman–Crippen LogP) is 3.65. The molecule has 3 amide bonds. The smallest absolute Gasteiger partial charge is 0.318 e. The Kier molecular flexibility index (Phi) is 7.50. The number of primary amides is 1. The van der Waals surface area contributed by atoms with E-state index >= 15 is 0 Å². The summed E-state index contributed by atoms with van der Waals surface area (Å²) in [5.74, 6) is 1.68. The molecule has 2 heterocycles. The second kappa shape index (κ2) is 10.1. The summed E-state index contributed by atoms with van der Waals surface area (Å²) in [6.45, 7) is 4.47. The molecule has 0 radical (unpaired) electrons. The number of amidine groups is 1. The van der Waals surface area contributed by atoms with Crippen LogP contribution in [0.25, 0.3) is 6.08 Å². The van der Waals surface area contributed by atoms with E-state index in [-0.39, 0.29) is 24.9 Å². The molecule has 36 heavy (non-hydrogen) atoms. The summed E-state index contributed by atoms with van der Waals surface area (Å²) in [5.41, 5.74) is 6.22. The number of anilines is 1. The molecule has 2 aliphatic heterocycles. The zero-order chi connectivity index (χ0) is 26.3. The average Bonchev–Trinajstić information content (AvgIpc) is 3.13. The summed E-state index contributed by atoms with van der Waals surface area (Å²) >= 11 is 6.38. The van der Waals surface area contributed by atoms with E-state index in [1.54, 1.807) is 19.1 Å². The molecule has 11 heteroatoms. The first-order valence-corrected chi connectivity index (χ1v) is 14.2. The fourth-order valence-electron chi connectivity index (χ4n) is 5.23. The number of piperidine rings is 1.